The van der Waals surface area contributed by atoms with Crippen molar-refractivity contribution < 1.29 is 9.59 Å². The molecule has 0 bridgehead atoms. The first-order valence-electron chi connectivity index (χ1n) is 3.87. The minimum Gasteiger partial charge on any atom is -0.299 e. The van der Waals surface area contributed by atoms with Crippen LogP contribution in [-0.2, 0) is 9.59 Å². The van der Waals surface area contributed by atoms with E-state index >= 15 is 0 Å². The summed E-state index contributed by atoms with van der Waals surface area (Å²) in [5.41, 5.74) is 1.51. The van der Waals surface area contributed by atoms with Crippen molar-refractivity contribution in [3.63, 3.8) is 0 Å². The summed E-state index contributed by atoms with van der Waals surface area (Å²) < 4.78 is 0. The van der Waals surface area contributed by atoms with Crippen molar-refractivity contribution in [3.05, 3.63) is 23.8 Å². The summed E-state index contributed by atoms with van der Waals surface area (Å²) in [5, 5.41) is 0. The van der Waals surface area contributed by atoms with Crippen molar-refractivity contribution in [2.75, 3.05) is 0 Å². The molecule has 0 aromatic heterocycles. The predicted molar refractivity (Wildman–Crippen MR) is 48.9 cm³/mol. The molecule has 0 aliphatic heterocycles. The molecule has 0 aliphatic rings. The minimum absolute atomic E-state index is 0.0636. The van der Waals surface area contributed by atoms with Gasteiger partial charge >= 0.3 is 0 Å². The molecule has 2 nitrogen and oxygen atoms in total. The van der Waals surface area contributed by atoms with Crippen LogP contribution >= 0.6 is 0 Å². The number of allylic oxidation sites excluding steroid dienone is 3. The second kappa shape index (κ2) is 5.47. The maximum absolute atomic E-state index is 11.0. The van der Waals surface area contributed by atoms with E-state index < -0.39 is 0 Å². The molecule has 0 aromatic rings. The summed E-state index contributed by atoms with van der Waals surface area (Å²) in [6.07, 6.45) is 3.31. The SMILES string of the molecule is C=C(C)C(=O)CC/C(C)=C/C=O. The molecule has 2 heteroatoms. The molecule has 0 unspecified atom stereocenters. The molecule has 12 heavy (non-hydrogen) atoms. The highest BCUT2D eigenvalue weighted by Gasteiger charge is 2.01. The van der Waals surface area contributed by atoms with Gasteiger partial charge in [-0.3, -0.25) is 9.59 Å². The van der Waals surface area contributed by atoms with Crippen LogP contribution in [0.4, 0.5) is 0 Å². The highest BCUT2D eigenvalue weighted by Crippen LogP contribution is 2.06. The molecule has 0 radical (unpaired) electrons. The van der Waals surface area contributed by atoms with E-state index in [4.69, 9.17) is 0 Å². The normalized spacial score (nSPS) is 11.0. The number of hydrogen-bond acceptors (Lipinski definition) is 2. The van der Waals surface area contributed by atoms with Crippen molar-refractivity contribution in [1.82, 2.24) is 0 Å². The summed E-state index contributed by atoms with van der Waals surface area (Å²) in [7, 11) is 0. The standard InChI is InChI=1S/C10H14O2/c1-8(2)10(12)5-4-9(3)6-7-11/h6-7H,1,4-5H2,2-3H3/b9-6+. The molecule has 66 valence electrons. The van der Waals surface area contributed by atoms with Crippen LogP contribution in [0.25, 0.3) is 0 Å². The maximum atomic E-state index is 11.0. The zero-order valence-electron chi connectivity index (χ0n) is 7.59. The first kappa shape index (κ1) is 10.8. The second-order valence-corrected chi connectivity index (χ2v) is 2.85. The third kappa shape index (κ3) is 4.61. The topological polar surface area (TPSA) is 34.1 Å². The Balaban J connectivity index is 3.84. The molecule has 0 atom stereocenters. The molecular weight excluding hydrogens is 152 g/mol. The predicted octanol–water partition coefficient (Wildman–Crippen LogP) is 2.06. The van der Waals surface area contributed by atoms with Crippen molar-refractivity contribution in [1.29, 1.82) is 0 Å². The van der Waals surface area contributed by atoms with Gasteiger partial charge in [0.1, 0.15) is 6.29 Å². The third-order valence-corrected chi connectivity index (χ3v) is 1.57. The van der Waals surface area contributed by atoms with Gasteiger partial charge in [-0.25, -0.2) is 0 Å². The number of Topliss-reactive ketones (excluding diaryl/α,β-unsaturated/α-hetero) is 1. The van der Waals surface area contributed by atoms with Gasteiger partial charge in [0.05, 0.1) is 0 Å². The van der Waals surface area contributed by atoms with Gasteiger partial charge in [0.15, 0.2) is 5.78 Å². The molecule has 0 aliphatic carbocycles. The van der Waals surface area contributed by atoms with Gasteiger partial charge in [-0.1, -0.05) is 12.2 Å². The van der Waals surface area contributed by atoms with Crippen molar-refractivity contribution in [2.45, 2.75) is 26.7 Å². The van der Waals surface area contributed by atoms with Gasteiger partial charge in [-0.05, 0) is 31.9 Å². The lowest BCUT2D eigenvalue weighted by Crippen LogP contribution is -1.98. The van der Waals surface area contributed by atoms with Crippen LogP contribution in [0.2, 0.25) is 0 Å². The van der Waals surface area contributed by atoms with Crippen LogP contribution in [0.5, 0.6) is 0 Å². The quantitative estimate of drug-likeness (QED) is 0.462. The summed E-state index contributed by atoms with van der Waals surface area (Å²) in [6, 6.07) is 0. The molecular formula is C10H14O2. The van der Waals surface area contributed by atoms with Crippen molar-refractivity contribution >= 4 is 12.1 Å². The van der Waals surface area contributed by atoms with E-state index in [0.29, 0.717) is 18.4 Å². The molecule has 0 fully saturated rings. The highest BCUT2D eigenvalue weighted by molar-refractivity contribution is 5.94. The molecule has 0 N–H and O–H groups in total. The van der Waals surface area contributed by atoms with Gasteiger partial charge in [0.25, 0.3) is 0 Å². The number of carbonyl (C=O) groups is 2. The minimum atomic E-state index is 0.0636. The average Bonchev–Trinajstić information content (AvgIpc) is 2.00. The monoisotopic (exact) mass is 166 g/mol. The first-order valence-corrected chi connectivity index (χ1v) is 3.87. The zero-order chi connectivity index (χ0) is 9.56. The molecule has 0 heterocycles. The van der Waals surface area contributed by atoms with Gasteiger partial charge < -0.3 is 0 Å². The number of aldehydes is 1. The average molecular weight is 166 g/mol. The smallest absolute Gasteiger partial charge is 0.158 e. The summed E-state index contributed by atoms with van der Waals surface area (Å²) in [6.45, 7) is 7.07. The fourth-order valence-corrected chi connectivity index (χ4v) is 0.724. The van der Waals surface area contributed by atoms with E-state index in [1.165, 1.54) is 6.08 Å². The molecule has 0 aromatic carbocycles. The molecule has 0 spiro atoms. The van der Waals surface area contributed by atoms with Crippen LogP contribution in [-0.4, -0.2) is 12.1 Å². The lowest BCUT2D eigenvalue weighted by atomic mass is 10.1. The highest BCUT2D eigenvalue weighted by atomic mass is 16.1. The van der Waals surface area contributed by atoms with Gasteiger partial charge in [0.2, 0.25) is 0 Å². The van der Waals surface area contributed by atoms with Crippen LogP contribution in [0.3, 0.4) is 0 Å². The van der Waals surface area contributed by atoms with Crippen LogP contribution in [0.15, 0.2) is 23.8 Å². The van der Waals surface area contributed by atoms with Crippen molar-refractivity contribution in [3.8, 4) is 0 Å². The van der Waals surface area contributed by atoms with E-state index in [9.17, 15) is 9.59 Å². The molecule has 0 amide bonds. The Hall–Kier alpha value is -1.18. The first-order chi connectivity index (χ1) is 5.57. The summed E-state index contributed by atoms with van der Waals surface area (Å²) >= 11 is 0. The maximum Gasteiger partial charge on any atom is 0.158 e. The zero-order valence-corrected chi connectivity index (χ0v) is 7.59. The Morgan fingerprint density at radius 1 is 1.33 bits per heavy atom. The Morgan fingerprint density at radius 2 is 1.92 bits per heavy atom. The van der Waals surface area contributed by atoms with Gasteiger partial charge in [-0.15, -0.1) is 0 Å². The summed E-state index contributed by atoms with van der Waals surface area (Å²) in [4.78, 5) is 21.1. The molecule has 0 rings (SSSR count). The summed E-state index contributed by atoms with van der Waals surface area (Å²) in [5.74, 6) is 0.0636. The van der Waals surface area contributed by atoms with E-state index in [0.717, 1.165) is 11.9 Å². The van der Waals surface area contributed by atoms with E-state index in [2.05, 4.69) is 6.58 Å². The van der Waals surface area contributed by atoms with E-state index in [1.54, 1.807) is 6.92 Å². The number of hydrogen-bond donors (Lipinski definition) is 0. The fourth-order valence-electron chi connectivity index (χ4n) is 0.724. The van der Waals surface area contributed by atoms with Crippen LogP contribution in [0, 0.1) is 0 Å². The van der Waals surface area contributed by atoms with Gasteiger partial charge in [0, 0.05) is 6.42 Å². The van der Waals surface area contributed by atoms with Crippen LogP contribution < -0.4 is 0 Å². The van der Waals surface area contributed by atoms with E-state index in [-0.39, 0.29) is 5.78 Å². The lowest BCUT2D eigenvalue weighted by molar-refractivity contribution is -0.115. The molecule has 0 saturated carbocycles. The molecule has 0 saturated heterocycles. The number of carbonyl (C=O) groups excluding carboxylic acids is 2. The Bertz CT molecular complexity index is 222. The van der Waals surface area contributed by atoms with Crippen LogP contribution in [0.1, 0.15) is 26.7 Å². The number of rotatable bonds is 5. The second-order valence-electron chi connectivity index (χ2n) is 2.85. The van der Waals surface area contributed by atoms with Gasteiger partial charge in [-0.2, -0.15) is 0 Å². The Kier molecular flexibility index (Phi) is 4.93. The lowest BCUT2D eigenvalue weighted by Gasteiger charge is -1.98. The Labute approximate surface area is 73.0 Å². The largest absolute Gasteiger partial charge is 0.299 e. The van der Waals surface area contributed by atoms with Crippen molar-refractivity contribution in [2.24, 2.45) is 0 Å². The Morgan fingerprint density at radius 3 is 2.33 bits per heavy atom. The number of ketones is 1. The third-order valence-electron chi connectivity index (χ3n) is 1.57. The fraction of sp³-hybridized carbons (Fsp3) is 0.400. The van der Waals surface area contributed by atoms with E-state index in [1.807, 2.05) is 6.92 Å².